The molecular formula is C30H26NNaO4. The van der Waals surface area contributed by atoms with Gasteiger partial charge in [0.2, 0.25) is 5.89 Å². The van der Waals surface area contributed by atoms with Crippen LogP contribution >= 0.6 is 0 Å². The zero-order chi connectivity index (χ0) is 24.0. The van der Waals surface area contributed by atoms with Crippen molar-refractivity contribution in [3.05, 3.63) is 102 Å². The molecule has 5 rings (SSSR count). The number of nitrogens with zero attached hydrogens (tertiary/aromatic N) is 1. The van der Waals surface area contributed by atoms with Crippen molar-refractivity contribution in [3.8, 4) is 28.3 Å². The molecule has 0 radical (unpaired) electrons. The largest absolute Gasteiger partial charge is 1.00 e. The number of carboxylic acids is 1. The first-order chi connectivity index (χ1) is 17.2. The topological polar surface area (TPSA) is 75.4 Å². The molecule has 0 amide bonds. The second-order valence-electron chi connectivity index (χ2n) is 8.70. The van der Waals surface area contributed by atoms with Crippen molar-refractivity contribution < 1.29 is 48.6 Å². The molecule has 0 unspecified atom stereocenters. The summed E-state index contributed by atoms with van der Waals surface area (Å²) in [6.07, 6.45) is 4.85. The van der Waals surface area contributed by atoms with Crippen LogP contribution in [0.2, 0.25) is 0 Å². The number of carbonyl (C=O) groups excluding carboxylic acids is 1. The summed E-state index contributed by atoms with van der Waals surface area (Å²) >= 11 is 0. The molecule has 1 heterocycles. The van der Waals surface area contributed by atoms with Crippen LogP contribution < -0.4 is 39.4 Å². The van der Waals surface area contributed by atoms with Gasteiger partial charge in [0.1, 0.15) is 18.1 Å². The molecule has 0 atom stereocenters. The van der Waals surface area contributed by atoms with E-state index in [-0.39, 0.29) is 29.6 Å². The Labute approximate surface area is 233 Å². The molecule has 0 saturated heterocycles. The molecule has 0 aliphatic heterocycles. The zero-order valence-corrected chi connectivity index (χ0v) is 22.4. The molecule has 6 heteroatoms. The van der Waals surface area contributed by atoms with Crippen molar-refractivity contribution in [2.75, 3.05) is 6.61 Å². The molecule has 1 aliphatic carbocycles. The first-order valence-electron chi connectivity index (χ1n) is 11.9. The fourth-order valence-corrected chi connectivity index (χ4v) is 4.58. The van der Waals surface area contributed by atoms with Crippen LogP contribution in [0, 0.1) is 0 Å². The van der Waals surface area contributed by atoms with Gasteiger partial charge in [-0.3, -0.25) is 0 Å². The van der Waals surface area contributed by atoms with Crippen LogP contribution in [0.1, 0.15) is 37.1 Å². The van der Waals surface area contributed by atoms with Gasteiger partial charge in [0.15, 0.2) is 5.76 Å². The number of hydrogen-bond donors (Lipinski definition) is 0. The predicted molar refractivity (Wildman–Crippen MR) is 133 cm³/mol. The number of hydrogen-bond acceptors (Lipinski definition) is 5. The minimum atomic E-state index is -1.24. The van der Waals surface area contributed by atoms with E-state index in [9.17, 15) is 9.90 Å². The molecule has 5 nitrogen and oxygen atoms in total. The van der Waals surface area contributed by atoms with Gasteiger partial charge in [-0.2, -0.15) is 0 Å². The molecule has 1 aromatic heterocycles. The van der Waals surface area contributed by atoms with Crippen molar-refractivity contribution in [2.24, 2.45) is 0 Å². The van der Waals surface area contributed by atoms with Crippen molar-refractivity contribution in [3.63, 3.8) is 0 Å². The quantitative estimate of drug-likeness (QED) is 0.357. The number of allylic oxidation sites excluding steroid dienone is 2. The van der Waals surface area contributed by atoms with Crippen LogP contribution in [0.3, 0.4) is 0 Å². The number of benzene rings is 3. The van der Waals surface area contributed by atoms with Gasteiger partial charge < -0.3 is 19.1 Å². The Kier molecular flexibility index (Phi) is 8.81. The third-order valence-corrected chi connectivity index (χ3v) is 6.22. The Hall–Kier alpha value is -3.12. The second-order valence-corrected chi connectivity index (χ2v) is 8.70. The van der Waals surface area contributed by atoms with Crippen molar-refractivity contribution in [1.29, 1.82) is 0 Å². The Morgan fingerprint density at radius 1 is 0.889 bits per heavy atom. The maximum Gasteiger partial charge on any atom is 1.00 e. The van der Waals surface area contributed by atoms with Crippen molar-refractivity contribution in [2.45, 2.75) is 32.1 Å². The van der Waals surface area contributed by atoms with E-state index in [1.165, 1.54) is 5.57 Å². The minimum Gasteiger partial charge on any atom is -0.546 e. The normalized spacial score (nSPS) is 13.2. The number of ether oxygens (including phenoxy) is 1. The van der Waals surface area contributed by atoms with Crippen molar-refractivity contribution >= 4 is 11.5 Å². The van der Waals surface area contributed by atoms with Gasteiger partial charge in [0, 0.05) is 16.7 Å². The van der Waals surface area contributed by atoms with E-state index in [0.717, 1.165) is 65.8 Å². The number of aliphatic carboxylic acids is 1. The molecule has 0 fully saturated rings. The summed E-state index contributed by atoms with van der Waals surface area (Å²) in [5.74, 6) is 0.752. The summed E-state index contributed by atoms with van der Waals surface area (Å²) in [6, 6.07) is 27.8. The molecule has 0 bridgehead atoms. The number of aromatic nitrogens is 1. The fraction of sp³-hybridized carbons (Fsp3) is 0.200. The van der Waals surface area contributed by atoms with E-state index < -0.39 is 12.6 Å². The zero-order valence-electron chi connectivity index (χ0n) is 20.4. The molecule has 3 aromatic carbocycles. The van der Waals surface area contributed by atoms with E-state index >= 15 is 0 Å². The molecule has 0 saturated carbocycles. The summed E-state index contributed by atoms with van der Waals surface area (Å²) in [4.78, 5) is 15.8. The minimum absolute atomic E-state index is 0. The molecule has 1 aliphatic rings. The molecule has 36 heavy (non-hydrogen) atoms. The Bertz CT molecular complexity index is 1290. The Morgan fingerprint density at radius 2 is 1.58 bits per heavy atom. The molecule has 176 valence electrons. The Morgan fingerprint density at radius 3 is 2.31 bits per heavy atom. The number of rotatable bonds is 8. The third-order valence-electron chi connectivity index (χ3n) is 6.22. The summed E-state index contributed by atoms with van der Waals surface area (Å²) in [7, 11) is 0. The summed E-state index contributed by atoms with van der Waals surface area (Å²) in [5, 5.41) is 10.7. The molecule has 4 aromatic rings. The molecule has 0 spiro atoms. The first kappa shape index (κ1) is 26.0. The Balaban J connectivity index is 0.00000304. The summed E-state index contributed by atoms with van der Waals surface area (Å²) in [6.45, 7) is -0.460. The van der Waals surface area contributed by atoms with Gasteiger partial charge in [-0.15, -0.1) is 0 Å². The van der Waals surface area contributed by atoms with E-state index in [4.69, 9.17) is 14.1 Å². The fourth-order valence-electron chi connectivity index (χ4n) is 4.58. The van der Waals surface area contributed by atoms with Crippen molar-refractivity contribution in [1.82, 2.24) is 4.98 Å². The van der Waals surface area contributed by atoms with Gasteiger partial charge in [-0.25, -0.2) is 4.98 Å². The number of oxazole rings is 1. The van der Waals surface area contributed by atoms with Crippen LogP contribution in [0.15, 0.2) is 94.9 Å². The van der Waals surface area contributed by atoms with E-state index in [1.807, 2.05) is 66.7 Å². The monoisotopic (exact) mass is 487 g/mol. The average molecular weight is 488 g/mol. The van der Waals surface area contributed by atoms with E-state index in [0.29, 0.717) is 11.6 Å². The predicted octanol–water partition coefficient (Wildman–Crippen LogP) is 2.71. The van der Waals surface area contributed by atoms with Crippen LogP contribution in [-0.4, -0.2) is 17.6 Å². The third kappa shape index (κ3) is 6.16. The van der Waals surface area contributed by atoms with Gasteiger partial charge >= 0.3 is 29.6 Å². The van der Waals surface area contributed by atoms with E-state index in [1.54, 1.807) is 6.07 Å². The first-order valence-corrected chi connectivity index (χ1v) is 11.9. The van der Waals surface area contributed by atoms with Gasteiger partial charge in [0.05, 0.1) is 5.97 Å². The molecular weight excluding hydrogens is 461 g/mol. The number of carboxylic acid groups (broad SMARTS) is 1. The maximum atomic E-state index is 10.7. The summed E-state index contributed by atoms with van der Waals surface area (Å²) in [5.41, 5.74) is 6.40. The SMILES string of the molecule is O=C([O-])COc1cccc(CC2=C(c3nc(-c4ccccc4)c(-c4ccccc4)o3)CCCC2)c1.[Na+]. The number of carbonyl (C=O) groups is 1. The van der Waals surface area contributed by atoms with Crippen LogP contribution in [-0.2, 0) is 11.2 Å². The van der Waals surface area contributed by atoms with Gasteiger partial charge in [-0.1, -0.05) is 78.4 Å². The smallest absolute Gasteiger partial charge is 0.546 e. The van der Waals surface area contributed by atoms with Crippen LogP contribution in [0.25, 0.3) is 28.2 Å². The second kappa shape index (κ2) is 12.2. The van der Waals surface area contributed by atoms with Gasteiger partial charge in [-0.05, 0) is 49.8 Å². The molecule has 0 N–H and O–H groups in total. The van der Waals surface area contributed by atoms with Crippen LogP contribution in [0.5, 0.6) is 5.75 Å². The maximum absolute atomic E-state index is 10.7. The van der Waals surface area contributed by atoms with Gasteiger partial charge in [0.25, 0.3) is 0 Å². The van der Waals surface area contributed by atoms with Crippen LogP contribution in [0.4, 0.5) is 0 Å². The van der Waals surface area contributed by atoms with E-state index in [2.05, 4.69) is 12.1 Å². The summed E-state index contributed by atoms with van der Waals surface area (Å²) < 4.78 is 11.8. The average Bonchev–Trinajstić information content (AvgIpc) is 3.34. The standard InChI is InChI=1S/C30H27NO4.Na/c32-27(33)20-34-25-16-9-10-21(19-25)18-24-15-7-8-17-26(24)30-31-28(22-11-3-1-4-12-22)29(35-30)23-13-5-2-6-14-23;/h1-6,9-14,16,19H,7-8,15,17-18,20H2,(H,32,33);/q;+1/p-1.